The number of carboxylic acid groups (broad SMARTS) is 2. The molecule has 0 aliphatic heterocycles. The van der Waals surface area contributed by atoms with Crippen LogP contribution in [0.3, 0.4) is 0 Å². The van der Waals surface area contributed by atoms with E-state index >= 15 is 0 Å². The largest absolute Gasteiger partial charge is 1.00 e. The minimum atomic E-state index is -1.27. The Labute approximate surface area is 87.7 Å². The van der Waals surface area contributed by atoms with Crippen molar-refractivity contribution in [1.82, 2.24) is 0 Å². The molecule has 0 aromatic carbocycles. The molecule has 4 nitrogen and oxygen atoms in total. The Kier molecular flexibility index (Phi) is 6.46. The van der Waals surface area contributed by atoms with E-state index in [2.05, 4.69) is 6.58 Å². The van der Waals surface area contributed by atoms with Crippen molar-refractivity contribution >= 4 is 11.9 Å². The molecule has 0 amide bonds. The number of aliphatic carboxylic acids is 2. The Morgan fingerprint density at radius 2 is 1.82 bits per heavy atom. The molecular weight excluding hydrogens is 159 g/mol. The van der Waals surface area contributed by atoms with E-state index in [1.54, 1.807) is 0 Å². The summed E-state index contributed by atoms with van der Waals surface area (Å²) in [4.78, 5) is 20.2. The Hall–Kier alpha value is -0.320. The van der Waals surface area contributed by atoms with Crippen molar-refractivity contribution < 1.29 is 50.8 Å². The Balaban J connectivity index is -0.000000405. The van der Waals surface area contributed by atoms with E-state index in [0.29, 0.717) is 0 Å². The standard InChI is InChI=1S/C6H8O4.Na.H/c1-3(5(7)8)4(2)6(9)10;;/h4H,1H2,2H3,(H,7,8)(H,9,10);;/q;+1;-1. The van der Waals surface area contributed by atoms with Crippen LogP contribution >= 0.6 is 0 Å². The summed E-state index contributed by atoms with van der Waals surface area (Å²) < 4.78 is 0. The van der Waals surface area contributed by atoms with E-state index in [0.717, 1.165) is 0 Å². The fraction of sp³-hybridized carbons (Fsp3) is 0.333. The third kappa shape index (κ3) is 4.19. The van der Waals surface area contributed by atoms with E-state index in [1.165, 1.54) is 6.92 Å². The first-order chi connectivity index (χ1) is 4.46. The molecule has 0 aliphatic carbocycles. The van der Waals surface area contributed by atoms with Gasteiger partial charge in [-0.05, 0) is 6.92 Å². The Morgan fingerprint density at radius 3 is 1.91 bits per heavy atom. The van der Waals surface area contributed by atoms with Crippen molar-refractivity contribution in [3.8, 4) is 0 Å². The molecule has 1 atom stereocenters. The van der Waals surface area contributed by atoms with Crippen LogP contribution in [0.4, 0.5) is 0 Å². The fourth-order valence-corrected chi connectivity index (χ4v) is 0.334. The quantitative estimate of drug-likeness (QED) is 0.360. The summed E-state index contributed by atoms with van der Waals surface area (Å²) in [7, 11) is 0. The first-order valence-electron chi connectivity index (χ1n) is 2.61. The average Bonchev–Trinajstić information content (AvgIpc) is 1.84. The van der Waals surface area contributed by atoms with Crippen molar-refractivity contribution in [3.63, 3.8) is 0 Å². The maximum atomic E-state index is 10.1. The van der Waals surface area contributed by atoms with Crippen LogP contribution in [0, 0.1) is 5.92 Å². The Bertz CT molecular complexity index is 192. The van der Waals surface area contributed by atoms with E-state index in [-0.39, 0.29) is 36.6 Å². The van der Waals surface area contributed by atoms with Crippen LogP contribution in [-0.2, 0) is 9.59 Å². The predicted octanol–water partition coefficient (Wildman–Crippen LogP) is -2.54. The molecule has 1 unspecified atom stereocenters. The summed E-state index contributed by atoms with van der Waals surface area (Å²) >= 11 is 0. The molecule has 0 rings (SSSR count). The number of hydrogen-bond donors (Lipinski definition) is 2. The number of hydrogen-bond acceptors (Lipinski definition) is 2. The van der Waals surface area contributed by atoms with E-state index in [4.69, 9.17) is 10.2 Å². The monoisotopic (exact) mass is 168 g/mol. The van der Waals surface area contributed by atoms with Gasteiger partial charge in [-0.3, -0.25) is 4.79 Å². The summed E-state index contributed by atoms with van der Waals surface area (Å²) in [5.41, 5.74) is -0.299. The number of carboxylic acids is 2. The zero-order valence-electron chi connectivity index (χ0n) is 7.50. The van der Waals surface area contributed by atoms with Crippen molar-refractivity contribution in [3.05, 3.63) is 12.2 Å². The second-order valence-corrected chi connectivity index (χ2v) is 1.89. The van der Waals surface area contributed by atoms with Crippen LogP contribution in [0.15, 0.2) is 12.2 Å². The smallest absolute Gasteiger partial charge is 1.00 e. The van der Waals surface area contributed by atoms with Crippen LogP contribution < -0.4 is 29.6 Å². The molecule has 5 heteroatoms. The van der Waals surface area contributed by atoms with Gasteiger partial charge in [0, 0.05) is 5.57 Å². The van der Waals surface area contributed by atoms with Crippen molar-refractivity contribution in [1.29, 1.82) is 0 Å². The SMILES string of the molecule is C=C(C(=O)O)C(C)C(=O)O.[H-].[Na+]. The first kappa shape index (κ1) is 13.3. The fourth-order valence-electron chi connectivity index (χ4n) is 0.334. The van der Waals surface area contributed by atoms with Gasteiger partial charge in [-0.2, -0.15) is 0 Å². The second kappa shape index (κ2) is 5.35. The van der Waals surface area contributed by atoms with Crippen molar-refractivity contribution in [2.75, 3.05) is 0 Å². The molecule has 0 saturated heterocycles. The molecule has 0 spiro atoms. The predicted molar refractivity (Wildman–Crippen MR) is 34.7 cm³/mol. The second-order valence-electron chi connectivity index (χ2n) is 1.89. The Morgan fingerprint density at radius 1 is 1.45 bits per heavy atom. The van der Waals surface area contributed by atoms with E-state index in [9.17, 15) is 9.59 Å². The minimum absolute atomic E-state index is 0. The molecule has 11 heavy (non-hydrogen) atoms. The molecule has 2 N–H and O–H groups in total. The zero-order valence-corrected chi connectivity index (χ0v) is 8.50. The molecule has 0 bridgehead atoms. The molecular formula is C6H9NaO4. The van der Waals surface area contributed by atoms with Crippen molar-refractivity contribution in [2.45, 2.75) is 6.92 Å². The molecule has 58 valence electrons. The van der Waals surface area contributed by atoms with Crippen LogP contribution in [0.25, 0.3) is 0 Å². The summed E-state index contributed by atoms with van der Waals surface area (Å²) in [5.74, 6) is -3.46. The van der Waals surface area contributed by atoms with Gasteiger partial charge < -0.3 is 11.6 Å². The van der Waals surface area contributed by atoms with Gasteiger partial charge in [-0.15, -0.1) is 0 Å². The topological polar surface area (TPSA) is 74.6 Å². The molecule has 0 heterocycles. The first-order valence-corrected chi connectivity index (χ1v) is 2.61. The summed E-state index contributed by atoms with van der Waals surface area (Å²) in [6, 6.07) is 0. The third-order valence-corrected chi connectivity index (χ3v) is 1.17. The zero-order chi connectivity index (χ0) is 8.31. The van der Waals surface area contributed by atoms with Crippen LogP contribution in [-0.4, -0.2) is 22.2 Å². The third-order valence-electron chi connectivity index (χ3n) is 1.17. The van der Waals surface area contributed by atoms with Gasteiger partial charge >= 0.3 is 41.5 Å². The maximum absolute atomic E-state index is 10.1. The molecule has 0 aliphatic rings. The molecule has 0 saturated carbocycles. The summed E-state index contributed by atoms with van der Waals surface area (Å²) in [6.45, 7) is 4.37. The van der Waals surface area contributed by atoms with Gasteiger partial charge in [-0.25, -0.2) is 4.79 Å². The van der Waals surface area contributed by atoms with Gasteiger partial charge in [0.15, 0.2) is 0 Å². The maximum Gasteiger partial charge on any atom is 1.00 e. The molecule has 0 aromatic heterocycles. The van der Waals surface area contributed by atoms with Gasteiger partial charge in [-0.1, -0.05) is 6.58 Å². The van der Waals surface area contributed by atoms with Crippen molar-refractivity contribution in [2.24, 2.45) is 5.92 Å². The molecule has 0 aromatic rings. The average molecular weight is 168 g/mol. The summed E-state index contributed by atoms with van der Waals surface area (Å²) in [6.07, 6.45) is 0. The van der Waals surface area contributed by atoms with E-state index in [1.807, 2.05) is 0 Å². The van der Waals surface area contributed by atoms with E-state index < -0.39 is 17.9 Å². The van der Waals surface area contributed by atoms with Gasteiger partial charge in [0.25, 0.3) is 0 Å². The van der Waals surface area contributed by atoms with Gasteiger partial charge in [0.05, 0.1) is 5.92 Å². The number of rotatable bonds is 3. The number of carbonyl (C=O) groups is 2. The molecule has 0 radical (unpaired) electrons. The molecule has 0 fully saturated rings. The van der Waals surface area contributed by atoms with Crippen LogP contribution in [0.1, 0.15) is 8.35 Å². The normalized spacial score (nSPS) is 11.0. The van der Waals surface area contributed by atoms with Gasteiger partial charge in [0.2, 0.25) is 0 Å². The minimum Gasteiger partial charge on any atom is -1.00 e. The van der Waals surface area contributed by atoms with Crippen LogP contribution in [0.5, 0.6) is 0 Å². The van der Waals surface area contributed by atoms with Gasteiger partial charge in [0.1, 0.15) is 0 Å². The summed E-state index contributed by atoms with van der Waals surface area (Å²) in [5, 5.41) is 16.5. The van der Waals surface area contributed by atoms with Crippen LogP contribution in [0.2, 0.25) is 0 Å².